The van der Waals surface area contributed by atoms with E-state index in [4.69, 9.17) is 4.74 Å². The highest BCUT2D eigenvalue weighted by molar-refractivity contribution is 7.89. The summed E-state index contributed by atoms with van der Waals surface area (Å²) in [7, 11) is -0.813. The predicted molar refractivity (Wildman–Crippen MR) is 87.1 cm³/mol. The van der Waals surface area contributed by atoms with Crippen molar-refractivity contribution in [2.75, 3.05) is 20.8 Å². The van der Waals surface area contributed by atoms with Crippen LogP contribution in [0.15, 0.2) is 29.2 Å². The molecule has 1 atom stereocenters. The molecule has 3 N–H and O–H groups in total. The van der Waals surface area contributed by atoms with E-state index < -0.39 is 27.4 Å². The lowest BCUT2D eigenvalue weighted by molar-refractivity contribution is -0.149. The Hall–Kier alpha value is -1.97. The molecule has 0 aliphatic carbocycles. The predicted octanol–water partition coefficient (Wildman–Crippen LogP) is 0.133. The van der Waals surface area contributed by atoms with Crippen LogP contribution in [-0.4, -0.2) is 51.7 Å². The lowest BCUT2D eigenvalue weighted by Crippen LogP contribution is -2.55. The molecule has 0 heterocycles. The molecule has 0 radical (unpaired) electrons. The molecule has 0 saturated carbocycles. The van der Waals surface area contributed by atoms with E-state index in [1.54, 1.807) is 12.1 Å². The number of sulfonamides is 1. The monoisotopic (exact) mass is 358 g/mol. The van der Waals surface area contributed by atoms with Gasteiger partial charge in [0, 0.05) is 13.5 Å². The van der Waals surface area contributed by atoms with Crippen LogP contribution in [0.4, 0.5) is 0 Å². The highest BCUT2D eigenvalue weighted by atomic mass is 32.2. The Bertz CT molecular complexity index is 686. The molecule has 1 amide bonds. The Labute approximate surface area is 141 Å². The second kappa shape index (κ2) is 8.22. The average Bonchev–Trinajstić information content (AvgIpc) is 2.53. The number of nitrogens with one attached hydrogen (secondary N) is 2. The fraction of sp³-hybridized carbons (Fsp3) is 0.467. The second-order valence-corrected chi connectivity index (χ2v) is 7.36. The van der Waals surface area contributed by atoms with E-state index in [1.807, 2.05) is 0 Å². The zero-order chi connectivity index (χ0) is 18.4. The first-order chi connectivity index (χ1) is 11.1. The van der Waals surface area contributed by atoms with Gasteiger partial charge < -0.3 is 15.2 Å². The largest absolute Gasteiger partial charge is 0.479 e. The molecule has 134 valence electrons. The molecule has 0 aliphatic heterocycles. The van der Waals surface area contributed by atoms with Gasteiger partial charge in [-0.25, -0.2) is 17.9 Å². The standard InChI is InChI=1S/C15H22N2O6S/c1-15(10-23-3,14(19)20)17-13(18)9-6-11-4-7-12(8-5-11)24(21,22)16-2/h4-5,7-8,16H,6,9-10H2,1-3H3,(H,17,18)(H,19,20). The zero-order valence-corrected chi connectivity index (χ0v) is 14.6. The van der Waals surface area contributed by atoms with E-state index in [9.17, 15) is 23.1 Å². The highest BCUT2D eigenvalue weighted by Crippen LogP contribution is 2.12. The number of methoxy groups -OCH3 is 1. The summed E-state index contributed by atoms with van der Waals surface area (Å²) in [6.45, 7) is 1.22. The minimum Gasteiger partial charge on any atom is -0.479 e. The van der Waals surface area contributed by atoms with Gasteiger partial charge in [0.1, 0.15) is 0 Å². The Balaban J connectivity index is 2.66. The van der Waals surface area contributed by atoms with Crippen LogP contribution >= 0.6 is 0 Å². The normalized spacial score (nSPS) is 14.0. The van der Waals surface area contributed by atoms with Crippen molar-refractivity contribution in [2.45, 2.75) is 30.2 Å². The minimum absolute atomic E-state index is 0.0741. The number of amides is 1. The van der Waals surface area contributed by atoms with Gasteiger partial charge in [0.15, 0.2) is 5.54 Å². The van der Waals surface area contributed by atoms with Gasteiger partial charge in [0.25, 0.3) is 0 Å². The Morgan fingerprint density at radius 1 is 1.25 bits per heavy atom. The molecule has 0 saturated heterocycles. The van der Waals surface area contributed by atoms with Gasteiger partial charge in [0.05, 0.1) is 11.5 Å². The molecule has 1 rings (SSSR count). The van der Waals surface area contributed by atoms with Gasteiger partial charge in [-0.3, -0.25) is 4.79 Å². The fourth-order valence-corrected chi connectivity index (χ4v) is 2.75. The number of hydrogen-bond acceptors (Lipinski definition) is 5. The third kappa shape index (κ3) is 5.29. The second-order valence-electron chi connectivity index (χ2n) is 5.47. The average molecular weight is 358 g/mol. The number of hydrogen-bond donors (Lipinski definition) is 3. The molecule has 1 aromatic rings. The molecular weight excluding hydrogens is 336 g/mol. The van der Waals surface area contributed by atoms with Crippen LogP contribution in [0, 0.1) is 0 Å². The van der Waals surface area contributed by atoms with Gasteiger partial charge in [-0.2, -0.15) is 0 Å². The smallest absolute Gasteiger partial charge is 0.331 e. The van der Waals surface area contributed by atoms with Crippen LogP contribution in [0.1, 0.15) is 18.9 Å². The van der Waals surface area contributed by atoms with E-state index in [0.717, 1.165) is 5.56 Å². The quantitative estimate of drug-likeness (QED) is 0.577. The van der Waals surface area contributed by atoms with Crippen LogP contribution < -0.4 is 10.0 Å². The number of carbonyl (C=O) groups is 2. The summed E-state index contributed by atoms with van der Waals surface area (Å²) in [6.07, 6.45) is 0.430. The molecule has 0 aliphatic rings. The van der Waals surface area contributed by atoms with Crippen molar-refractivity contribution in [3.05, 3.63) is 29.8 Å². The molecule has 24 heavy (non-hydrogen) atoms. The van der Waals surface area contributed by atoms with Crippen LogP contribution in [0.5, 0.6) is 0 Å². The molecular formula is C15H22N2O6S. The first-order valence-corrected chi connectivity index (χ1v) is 8.69. The number of carboxylic acids is 1. The van der Waals surface area contributed by atoms with Gasteiger partial charge in [-0.05, 0) is 38.1 Å². The zero-order valence-electron chi connectivity index (χ0n) is 13.8. The fourth-order valence-electron chi connectivity index (χ4n) is 2.02. The molecule has 1 unspecified atom stereocenters. The van der Waals surface area contributed by atoms with Crippen LogP contribution in [0.25, 0.3) is 0 Å². The maximum Gasteiger partial charge on any atom is 0.331 e. The van der Waals surface area contributed by atoms with Crippen molar-refractivity contribution >= 4 is 21.9 Å². The number of aryl methyl sites for hydroxylation is 1. The van der Waals surface area contributed by atoms with Crippen LogP contribution in [0.3, 0.4) is 0 Å². The van der Waals surface area contributed by atoms with Crippen molar-refractivity contribution in [1.29, 1.82) is 0 Å². The topological polar surface area (TPSA) is 122 Å². The number of aliphatic carboxylic acids is 1. The number of carboxylic acid groups (broad SMARTS) is 1. The number of rotatable bonds is 9. The Morgan fingerprint density at radius 2 is 1.83 bits per heavy atom. The summed E-state index contributed by atoms with van der Waals surface area (Å²) in [4.78, 5) is 23.3. The third-order valence-electron chi connectivity index (χ3n) is 3.46. The van der Waals surface area contributed by atoms with E-state index in [0.29, 0.717) is 6.42 Å². The van der Waals surface area contributed by atoms with Crippen molar-refractivity contribution in [3.63, 3.8) is 0 Å². The lowest BCUT2D eigenvalue weighted by atomic mass is 10.0. The Kier molecular flexibility index (Phi) is 6.88. The molecule has 0 fully saturated rings. The maximum atomic E-state index is 11.9. The summed E-state index contributed by atoms with van der Waals surface area (Å²) >= 11 is 0. The first kappa shape index (κ1) is 20.1. The molecule has 0 spiro atoms. The van der Waals surface area contributed by atoms with Crippen LogP contribution in [0.2, 0.25) is 0 Å². The SMILES string of the molecule is CNS(=O)(=O)c1ccc(CCC(=O)NC(C)(COC)C(=O)O)cc1. The van der Waals surface area contributed by atoms with Gasteiger partial charge in [-0.15, -0.1) is 0 Å². The van der Waals surface area contributed by atoms with Gasteiger partial charge in [0.2, 0.25) is 15.9 Å². The Morgan fingerprint density at radius 3 is 2.29 bits per heavy atom. The van der Waals surface area contributed by atoms with Crippen molar-refractivity contribution in [1.82, 2.24) is 10.0 Å². The first-order valence-electron chi connectivity index (χ1n) is 7.20. The minimum atomic E-state index is -3.49. The summed E-state index contributed by atoms with van der Waals surface area (Å²) in [5, 5.41) is 11.6. The van der Waals surface area contributed by atoms with E-state index in [2.05, 4.69) is 10.0 Å². The molecule has 0 aromatic heterocycles. The van der Waals surface area contributed by atoms with Crippen molar-refractivity contribution < 1.29 is 27.9 Å². The molecule has 0 bridgehead atoms. The van der Waals surface area contributed by atoms with Gasteiger partial charge in [-0.1, -0.05) is 12.1 Å². The molecule has 8 nitrogen and oxygen atoms in total. The van der Waals surface area contributed by atoms with E-state index >= 15 is 0 Å². The maximum absolute atomic E-state index is 11.9. The third-order valence-corrected chi connectivity index (χ3v) is 4.89. The molecule has 1 aromatic carbocycles. The highest BCUT2D eigenvalue weighted by Gasteiger charge is 2.34. The summed E-state index contributed by atoms with van der Waals surface area (Å²) in [5.41, 5.74) is -0.722. The summed E-state index contributed by atoms with van der Waals surface area (Å²) < 4.78 is 30.3. The van der Waals surface area contributed by atoms with Crippen LogP contribution in [-0.2, 0) is 30.8 Å². The number of benzene rings is 1. The lowest BCUT2D eigenvalue weighted by Gasteiger charge is -2.25. The van der Waals surface area contributed by atoms with E-state index in [-0.39, 0.29) is 17.9 Å². The van der Waals surface area contributed by atoms with E-state index in [1.165, 1.54) is 33.2 Å². The van der Waals surface area contributed by atoms with Crippen molar-refractivity contribution in [3.8, 4) is 0 Å². The number of ether oxygens (including phenoxy) is 1. The number of carbonyl (C=O) groups excluding carboxylic acids is 1. The molecule has 9 heteroatoms. The summed E-state index contributed by atoms with van der Waals surface area (Å²) in [6, 6.07) is 6.13. The van der Waals surface area contributed by atoms with Crippen molar-refractivity contribution in [2.24, 2.45) is 0 Å². The van der Waals surface area contributed by atoms with Gasteiger partial charge >= 0.3 is 5.97 Å². The summed E-state index contributed by atoms with van der Waals surface area (Å²) in [5.74, 6) is -1.61.